The zero-order valence-electron chi connectivity index (χ0n) is 14.6. The summed E-state index contributed by atoms with van der Waals surface area (Å²) in [5.41, 5.74) is 3.33. The Morgan fingerprint density at radius 3 is 2.72 bits per heavy atom. The molecule has 25 heavy (non-hydrogen) atoms. The SMILES string of the molecule is Cc1ccccc1CC(=O)N[C@@H]1CCOC[C@H]1OCc1ccccc1. The fourth-order valence-electron chi connectivity index (χ4n) is 3.06. The lowest BCUT2D eigenvalue weighted by Crippen LogP contribution is -2.50. The first-order valence-electron chi connectivity index (χ1n) is 8.79. The molecule has 2 aromatic rings. The minimum absolute atomic E-state index is 0.00557. The van der Waals surface area contributed by atoms with E-state index in [0.29, 0.717) is 26.2 Å². The van der Waals surface area contributed by atoms with Gasteiger partial charge in [-0.1, -0.05) is 54.6 Å². The van der Waals surface area contributed by atoms with Gasteiger partial charge in [-0.3, -0.25) is 4.79 Å². The first-order chi connectivity index (χ1) is 12.2. The van der Waals surface area contributed by atoms with Gasteiger partial charge in [0.15, 0.2) is 0 Å². The molecule has 132 valence electrons. The summed E-state index contributed by atoms with van der Waals surface area (Å²) in [6.45, 7) is 3.73. The largest absolute Gasteiger partial charge is 0.379 e. The number of hydrogen-bond acceptors (Lipinski definition) is 3. The first kappa shape index (κ1) is 17.6. The van der Waals surface area contributed by atoms with Gasteiger partial charge in [0.05, 0.1) is 25.7 Å². The highest BCUT2D eigenvalue weighted by Crippen LogP contribution is 2.15. The third kappa shape index (κ3) is 5.15. The van der Waals surface area contributed by atoms with Crippen LogP contribution in [0.4, 0.5) is 0 Å². The van der Waals surface area contributed by atoms with Crippen LogP contribution in [-0.2, 0) is 27.3 Å². The second-order valence-corrected chi connectivity index (χ2v) is 6.48. The van der Waals surface area contributed by atoms with Crippen LogP contribution in [0.3, 0.4) is 0 Å². The minimum Gasteiger partial charge on any atom is -0.379 e. The third-order valence-electron chi connectivity index (χ3n) is 4.57. The van der Waals surface area contributed by atoms with Gasteiger partial charge in [0, 0.05) is 6.61 Å². The zero-order valence-corrected chi connectivity index (χ0v) is 14.6. The lowest BCUT2D eigenvalue weighted by atomic mass is 10.0. The Morgan fingerprint density at radius 2 is 1.92 bits per heavy atom. The van der Waals surface area contributed by atoms with Crippen molar-refractivity contribution < 1.29 is 14.3 Å². The normalized spacial score (nSPS) is 20.2. The van der Waals surface area contributed by atoms with Crippen molar-refractivity contribution in [1.82, 2.24) is 5.32 Å². The lowest BCUT2D eigenvalue weighted by molar-refractivity contribution is -0.126. The van der Waals surface area contributed by atoms with Crippen LogP contribution in [0.15, 0.2) is 54.6 Å². The topological polar surface area (TPSA) is 47.6 Å². The number of amides is 1. The van der Waals surface area contributed by atoms with E-state index in [0.717, 1.165) is 23.1 Å². The van der Waals surface area contributed by atoms with E-state index in [2.05, 4.69) is 5.32 Å². The van der Waals surface area contributed by atoms with Gasteiger partial charge in [0.1, 0.15) is 6.10 Å². The van der Waals surface area contributed by atoms with E-state index in [1.54, 1.807) is 0 Å². The zero-order chi connectivity index (χ0) is 17.5. The van der Waals surface area contributed by atoms with Crippen LogP contribution in [-0.4, -0.2) is 31.3 Å². The summed E-state index contributed by atoms with van der Waals surface area (Å²) >= 11 is 0. The molecule has 0 aromatic heterocycles. The van der Waals surface area contributed by atoms with E-state index in [-0.39, 0.29) is 18.1 Å². The van der Waals surface area contributed by atoms with Crippen molar-refractivity contribution in [1.29, 1.82) is 0 Å². The summed E-state index contributed by atoms with van der Waals surface area (Å²) in [4.78, 5) is 12.4. The second-order valence-electron chi connectivity index (χ2n) is 6.48. The van der Waals surface area contributed by atoms with Crippen LogP contribution < -0.4 is 5.32 Å². The molecule has 4 heteroatoms. The molecule has 0 saturated carbocycles. The number of nitrogens with one attached hydrogen (secondary N) is 1. The standard InChI is InChI=1S/C21H25NO3/c1-16-7-5-6-10-18(16)13-21(23)22-19-11-12-24-15-20(19)25-14-17-8-3-2-4-9-17/h2-10,19-20H,11-15H2,1H3,(H,22,23)/t19-,20-/m1/s1. The quantitative estimate of drug-likeness (QED) is 0.880. The van der Waals surface area contributed by atoms with Gasteiger partial charge < -0.3 is 14.8 Å². The number of hydrogen-bond donors (Lipinski definition) is 1. The minimum atomic E-state index is -0.116. The molecule has 3 rings (SSSR count). The van der Waals surface area contributed by atoms with Crippen molar-refractivity contribution in [3.8, 4) is 0 Å². The van der Waals surface area contributed by atoms with Crippen LogP contribution in [0.5, 0.6) is 0 Å². The van der Waals surface area contributed by atoms with E-state index < -0.39 is 0 Å². The molecule has 1 aliphatic rings. The molecule has 1 aliphatic heterocycles. The number of aryl methyl sites for hydroxylation is 1. The maximum Gasteiger partial charge on any atom is 0.224 e. The summed E-state index contributed by atoms with van der Waals surface area (Å²) < 4.78 is 11.6. The lowest BCUT2D eigenvalue weighted by Gasteiger charge is -2.32. The fourth-order valence-corrected chi connectivity index (χ4v) is 3.06. The fraction of sp³-hybridized carbons (Fsp3) is 0.381. The van der Waals surface area contributed by atoms with Gasteiger partial charge in [-0.15, -0.1) is 0 Å². The van der Waals surface area contributed by atoms with E-state index >= 15 is 0 Å². The number of carbonyl (C=O) groups is 1. The first-order valence-corrected chi connectivity index (χ1v) is 8.79. The van der Waals surface area contributed by atoms with Gasteiger partial charge in [-0.25, -0.2) is 0 Å². The Bertz CT molecular complexity index is 687. The molecule has 0 aliphatic carbocycles. The number of rotatable bonds is 6. The molecule has 1 saturated heterocycles. The van der Waals surface area contributed by atoms with Gasteiger partial charge in [-0.2, -0.15) is 0 Å². The van der Waals surface area contributed by atoms with Crippen molar-refractivity contribution in [2.24, 2.45) is 0 Å². The smallest absolute Gasteiger partial charge is 0.224 e. The molecule has 1 amide bonds. The molecule has 2 atom stereocenters. The Hall–Kier alpha value is -2.17. The Kier molecular flexibility index (Phi) is 6.20. The average molecular weight is 339 g/mol. The molecular weight excluding hydrogens is 314 g/mol. The highest BCUT2D eigenvalue weighted by molar-refractivity contribution is 5.79. The second kappa shape index (κ2) is 8.79. The van der Waals surface area contributed by atoms with Gasteiger partial charge >= 0.3 is 0 Å². The van der Waals surface area contributed by atoms with E-state index in [4.69, 9.17) is 9.47 Å². The van der Waals surface area contributed by atoms with Crippen LogP contribution in [0.25, 0.3) is 0 Å². The van der Waals surface area contributed by atoms with Gasteiger partial charge in [0.25, 0.3) is 0 Å². The maximum atomic E-state index is 12.4. The summed E-state index contributed by atoms with van der Waals surface area (Å²) in [5, 5.41) is 3.14. The number of carbonyl (C=O) groups excluding carboxylic acids is 1. The summed E-state index contributed by atoms with van der Waals surface area (Å²) in [6, 6.07) is 18.0. The third-order valence-corrected chi connectivity index (χ3v) is 4.57. The van der Waals surface area contributed by atoms with E-state index in [1.807, 2.05) is 61.5 Å². The molecule has 1 fully saturated rings. The predicted octanol–water partition coefficient (Wildman–Crippen LogP) is 3.03. The van der Waals surface area contributed by atoms with Crippen molar-refractivity contribution in [2.75, 3.05) is 13.2 Å². The summed E-state index contributed by atoms with van der Waals surface area (Å²) in [6.07, 6.45) is 1.06. The summed E-state index contributed by atoms with van der Waals surface area (Å²) in [7, 11) is 0. The Morgan fingerprint density at radius 1 is 1.16 bits per heavy atom. The molecule has 0 bridgehead atoms. The molecule has 1 N–H and O–H groups in total. The van der Waals surface area contributed by atoms with Crippen LogP contribution in [0.1, 0.15) is 23.1 Å². The molecule has 1 heterocycles. The predicted molar refractivity (Wildman–Crippen MR) is 97.3 cm³/mol. The van der Waals surface area contributed by atoms with Crippen molar-refractivity contribution in [2.45, 2.75) is 38.5 Å². The maximum absolute atomic E-state index is 12.4. The van der Waals surface area contributed by atoms with E-state index in [9.17, 15) is 4.79 Å². The summed E-state index contributed by atoms with van der Waals surface area (Å²) in [5.74, 6) is 0.0366. The van der Waals surface area contributed by atoms with Crippen LogP contribution in [0, 0.1) is 6.92 Å². The van der Waals surface area contributed by atoms with Gasteiger partial charge in [0.2, 0.25) is 5.91 Å². The molecule has 4 nitrogen and oxygen atoms in total. The number of ether oxygens (including phenoxy) is 2. The Labute approximate surface area is 149 Å². The molecule has 0 unspecified atom stereocenters. The van der Waals surface area contributed by atoms with E-state index in [1.165, 1.54) is 0 Å². The molecule has 2 aromatic carbocycles. The van der Waals surface area contributed by atoms with Crippen LogP contribution >= 0.6 is 0 Å². The highest BCUT2D eigenvalue weighted by atomic mass is 16.5. The Balaban J connectivity index is 1.55. The highest BCUT2D eigenvalue weighted by Gasteiger charge is 2.28. The van der Waals surface area contributed by atoms with Crippen LogP contribution in [0.2, 0.25) is 0 Å². The van der Waals surface area contributed by atoms with Gasteiger partial charge in [-0.05, 0) is 30.0 Å². The molecular formula is C21H25NO3. The molecule has 0 spiro atoms. The average Bonchev–Trinajstić information content (AvgIpc) is 2.64. The molecule has 0 radical (unpaired) electrons. The van der Waals surface area contributed by atoms with Crippen molar-refractivity contribution >= 4 is 5.91 Å². The monoisotopic (exact) mass is 339 g/mol. The number of benzene rings is 2. The van der Waals surface area contributed by atoms with Crippen molar-refractivity contribution in [3.63, 3.8) is 0 Å². The van der Waals surface area contributed by atoms with Crippen molar-refractivity contribution in [3.05, 3.63) is 71.3 Å².